The first-order valence-corrected chi connectivity index (χ1v) is 6.60. The Kier molecular flexibility index (Phi) is 7.08. The van der Waals surface area contributed by atoms with E-state index in [-0.39, 0.29) is 6.04 Å². The lowest BCUT2D eigenvalue weighted by Crippen LogP contribution is -2.44. The molecule has 0 heterocycles. The van der Waals surface area contributed by atoms with Crippen molar-refractivity contribution in [2.45, 2.75) is 58.8 Å². The van der Waals surface area contributed by atoms with E-state index >= 15 is 0 Å². The number of rotatable bonds is 6. The fourth-order valence-corrected chi connectivity index (χ4v) is 1.12. The predicted molar refractivity (Wildman–Crippen MR) is 77.1 cm³/mol. The maximum absolute atomic E-state index is 11.3. The van der Waals surface area contributed by atoms with Crippen molar-refractivity contribution in [1.29, 1.82) is 0 Å². The highest BCUT2D eigenvalue weighted by Crippen LogP contribution is 2.07. The summed E-state index contributed by atoms with van der Waals surface area (Å²) in [5, 5.41) is 15.5. The third-order valence-corrected chi connectivity index (χ3v) is 2.53. The summed E-state index contributed by atoms with van der Waals surface area (Å²) in [6, 6.07) is -0.00374. The first-order chi connectivity index (χ1) is 8.52. The molecule has 112 valence electrons. The van der Waals surface area contributed by atoms with Gasteiger partial charge in [0.25, 0.3) is 0 Å². The van der Waals surface area contributed by atoms with E-state index in [1.54, 1.807) is 13.8 Å². The van der Waals surface area contributed by atoms with Gasteiger partial charge in [0, 0.05) is 19.1 Å². The molecule has 1 unspecified atom stereocenters. The van der Waals surface area contributed by atoms with Gasteiger partial charge in [-0.1, -0.05) is 12.2 Å². The molecule has 1 amide bonds. The Balaban J connectivity index is 3.74. The third-order valence-electron chi connectivity index (χ3n) is 2.53. The van der Waals surface area contributed by atoms with Crippen LogP contribution < -0.4 is 10.6 Å². The van der Waals surface area contributed by atoms with Crippen LogP contribution in [-0.4, -0.2) is 41.5 Å². The molecular weight excluding hydrogens is 244 g/mol. The zero-order valence-electron chi connectivity index (χ0n) is 12.9. The van der Waals surface area contributed by atoms with Gasteiger partial charge in [-0.15, -0.1) is 0 Å². The van der Waals surface area contributed by atoms with Crippen LogP contribution in [0.15, 0.2) is 12.2 Å². The molecule has 19 heavy (non-hydrogen) atoms. The van der Waals surface area contributed by atoms with Gasteiger partial charge in [-0.25, -0.2) is 4.79 Å². The molecule has 0 aliphatic heterocycles. The number of carbonyl (C=O) groups is 1. The summed E-state index contributed by atoms with van der Waals surface area (Å²) in [5.74, 6) is 0. The van der Waals surface area contributed by atoms with Gasteiger partial charge in [-0.05, 0) is 41.5 Å². The van der Waals surface area contributed by atoms with Crippen LogP contribution in [-0.2, 0) is 4.74 Å². The van der Waals surface area contributed by atoms with E-state index < -0.39 is 17.3 Å². The molecule has 0 saturated heterocycles. The molecule has 0 fully saturated rings. The average molecular weight is 272 g/mol. The molecule has 0 bridgehead atoms. The van der Waals surface area contributed by atoms with E-state index in [9.17, 15) is 9.90 Å². The van der Waals surface area contributed by atoms with Gasteiger partial charge in [0.2, 0.25) is 0 Å². The van der Waals surface area contributed by atoms with Crippen LogP contribution in [0.25, 0.3) is 0 Å². The number of nitrogens with one attached hydrogen (secondary N) is 2. The molecule has 0 aromatic rings. The molecule has 0 rings (SSSR count). The van der Waals surface area contributed by atoms with Crippen LogP contribution in [0.5, 0.6) is 0 Å². The summed E-state index contributed by atoms with van der Waals surface area (Å²) in [4.78, 5) is 11.3. The van der Waals surface area contributed by atoms with E-state index in [0.717, 1.165) is 0 Å². The average Bonchev–Trinajstić information content (AvgIpc) is 2.18. The van der Waals surface area contributed by atoms with Gasteiger partial charge in [0.15, 0.2) is 0 Å². The maximum atomic E-state index is 11.3. The quantitative estimate of drug-likeness (QED) is 0.645. The highest BCUT2D eigenvalue weighted by Gasteiger charge is 2.20. The smallest absolute Gasteiger partial charge is 0.407 e. The molecule has 0 aromatic heterocycles. The molecule has 5 heteroatoms. The van der Waals surface area contributed by atoms with E-state index in [4.69, 9.17) is 4.74 Å². The van der Waals surface area contributed by atoms with Gasteiger partial charge in [0.1, 0.15) is 5.60 Å². The molecule has 0 saturated carbocycles. The topological polar surface area (TPSA) is 70.6 Å². The molecule has 0 radical (unpaired) electrons. The normalized spacial score (nSPS) is 14.5. The van der Waals surface area contributed by atoms with E-state index in [1.807, 2.05) is 39.8 Å². The second kappa shape index (κ2) is 7.50. The Morgan fingerprint density at radius 1 is 1.21 bits per heavy atom. The second-order valence-electron chi connectivity index (χ2n) is 6.14. The van der Waals surface area contributed by atoms with E-state index in [0.29, 0.717) is 13.1 Å². The minimum Gasteiger partial charge on any atom is -0.444 e. The predicted octanol–water partition coefficient (Wildman–Crippen LogP) is 1.82. The van der Waals surface area contributed by atoms with Crippen molar-refractivity contribution in [2.75, 3.05) is 13.1 Å². The van der Waals surface area contributed by atoms with Crippen LogP contribution >= 0.6 is 0 Å². The number of amides is 1. The molecule has 1 atom stereocenters. The fraction of sp³-hybridized carbons (Fsp3) is 0.786. The van der Waals surface area contributed by atoms with Crippen LogP contribution in [0.4, 0.5) is 4.79 Å². The number of hydrogen-bond acceptors (Lipinski definition) is 4. The van der Waals surface area contributed by atoms with Crippen molar-refractivity contribution in [3.63, 3.8) is 0 Å². The number of carbonyl (C=O) groups excluding carboxylic acids is 1. The fourth-order valence-electron chi connectivity index (χ4n) is 1.12. The van der Waals surface area contributed by atoms with Gasteiger partial charge in [-0.3, -0.25) is 0 Å². The molecule has 0 aliphatic carbocycles. The Hall–Kier alpha value is -1.07. The number of aliphatic hydroxyl groups is 1. The summed E-state index contributed by atoms with van der Waals surface area (Å²) in [5.41, 5.74) is -1.22. The third kappa shape index (κ3) is 10.5. The van der Waals surface area contributed by atoms with Gasteiger partial charge < -0.3 is 20.5 Å². The number of alkyl carbamates (subject to hydrolysis) is 1. The van der Waals surface area contributed by atoms with E-state index in [2.05, 4.69) is 10.6 Å². The molecule has 0 aliphatic rings. The van der Waals surface area contributed by atoms with Crippen LogP contribution in [0.1, 0.15) is 41.5 Å². The van der Waals surface area contributed by atoms with E-state index in [1.165, 1.54) is 0 Å². The van der Waals surface area contributed by atoms with Crippen molar-refractivity contribution in [2.24, 2.45) is 0 Å². The summed E-state index contributed by atoms with van der Waals surface area (Å²) in [7, 11) is 0. The standard InChI is InChI=1S/C14H28N2O3/c1-11(14(5,6)18)15-9-7-8-10-16-12(17)19-13(2,3)4/h7-8,11,15,18H,9-10H2,1-6H3,(H,16,17)/b8-7+. The monoisotopic (exact) mass is 272 g/mol. The minimum atomic E-state index is -0.747. The van der Waals surface area contributed by atoms with Crippen LogP contribution in [0.3, 0.4) is 0 Å². The van der Waals surface area contributed by atoms with Crippen LogP contribution in [0, 0.1) is 0 Å². The molecule has 0 spiro atoms. The van der Waals surface area contributed by atoms with Crippen molar-refractivity contribution in [3.05, 3.63) is 12.2 Å². The lowest BCUT2D eigenvalue weighted by atomic mass is 10.0. The maximum Gasteiger partial charge on any atom is 0.407 e. The number of hydrogen-bond donors (Lipinski definition) is 3. The molecule has 0 aromatic carbocycles. The summed E-state index contributed by atoms with van der Waals surface area (Å²) in [6.07, 6.45) is 3.32. The number of ether oxygens (including phenoxy) is 1. The zero-order chi connectivity index (χ0) is 15.1. The Morgan fingerprint density at radius 2 is 1.74 bits per heavy atom. The lowest BCUT2D eigenvalue weighted by Gasteiger charge is -2.26. The molecular formula is C14H28N2O3. The molecule has 5 nitrogen and oxygen atoms in total. The Morgan fingerprint density at radius 3 is 2.21 bits per heavy atom. The van der Waals surface area contributed by atoms with Crippen LogP contribution in [0.2, 0.25) is 0 Å². The minimum absolute atomic E-state index is 0.00374. The highest BCUT2D eigenvalue weighted by molar-refractivity contribution is 5.67. The first-order valence-electron chi connectivity index (χ1n) is 6.60. The highest BCUT2D eigenvalue weighted by atomic mass is 16.6. The first kappa shape index (κ1) is 17.9. The second-order valence-corrected chi connectivity index (χ2v) is 6.14. The van der Waals surface area contributed by atoms with Gasteiger partial charge in [0.05, 0.1) is 5.60 Å². The van der Waals surface area contributed by atoms with Crippen molar-refractivity contribution in [3.8, 4) is 0 Å². The van der Waals surface area contributed by atoms with Crippen molar-refractivity contribution < 1.29 is 14.6 Å². The zero-order valence-corrected chi connectivity index (χ0v) is 12.9. The van der Waals surface area contributed by atoms with Gasteiger partial charge in [-0.2, -0.15) is 0 Å². The Bertz CT molecular complexity index is 301. The molecule has 3 N–H and O–H groups in total. The van der Waals surface area contributed by atoms with Crippen molar-refractivity contribution >= 4 is 6.09 Å². The SMILES string of the molecule is CC(NC/C=C/CNC(=O)OC(C)(C)C)C(C)(C)O. The Labute approximate surface area is 116 Å². The summed E-state index contributed by atoms with van der Waals surface area (Å²) in [6.45, 7) is 12.0. The summed E-state index contributed by atoms with van der Waals surface area (Å²) < 4.78 is 5.09. The van der Waals surface area contributed by atoms with Gasteiger partial charge >= 0.3 is 6.09 Å². The summed E-state index contributed by atoms with van der Waals surface area (Å²) >= 11 is 0. The lowest BCUT2D eigenvalue weighted by molar-refractivity contribution is 0.0457. The largest absolute Gasteiger partial charge is 0.444 e. The van der Waals surface area contributed by atoms with Crippen molar-refractivity contribution in [1.82, 2.24) is 10.6 Å².